The van der Waals surface area contributed by atoms with Crippen LogP contribution in [0.15, 0.2) is 71.1 Å². The first-order valence-corrected chi connectivity index (χ1v) is 18.9. The van der Waals surface area contributed by atoms with Crippen LogP contribution < -0.4 is 9.47 Å². The van der Waals surface area contributed by atoms with Gasteiger partial charge in [-0.2, -0.15) is 0 Å². The molecule has 3 aromatic carbocycles. The van der Waals surface area contributed by atoms with Crippen molar-refractivity contribution in [3.63, 3.8) is 0 Å². The Balaban J connectivity index is 1.12. The van der Waals surface area contributed by atoms with Gasteiger partial charge in [0.15, 0.2) is 6.29 Å². The highest BCUT2D eigenvalue weighted by molar-refractivity contribution is 5.90. The van der Waals surface area contributed by atoms with E-state index in [1.165, 1.54) is 67.6 Å². The van der Waals surface area contributed by atoms with Gasteiger partial charge in [-0.05, 0) is 55.5 Å². The van der Waals surface area contributed by atoms with Gasteiger partial charge in [-0.1, -0.05) is 0 Å². The number of aliphatic hydroxyl groups is 9. The van der Waals surface area contributed by atoms with Crippen LogP contribution in [0.4, 0.5) is 0 Å². The molecule has 7 rings (SSSR count). The van der Waals surface area contributed by atoms with Crippen molar-refractivity contribution in [3.05, 3.63) is 72.3 Å². The Morgan fingerprint density at radius 3 is 1.77 bits per heavy atom. The Kier molecular flexibility index (Phi) is 13.1. The van der Waals surface area contributed by atoms with Crippen LogP contribution in [-0.2, 0) is 23.7 Å². The molecule has 0 saturated carbocycles. The van der Waals surface area contributed by atoms with Gasteiger partial charge in [0.2, 0.25) is 18.3 Å². The van der Waals surface area contributed by atoms with Crippen LogP contribution in [0.1, 0.15) is 17.3 Å². The van der Waals surface area contributed by atoms with Crippen molar-refractivity contribution < 1.29 is 104 Å². The molecule has 4 aromatic rings. The number of benzene rings is 3. The molecule has 4 heterocycles. The number of carbonyl (C=O) groups is 1. The highest BCUT2D eigenvalue weighted by atomic mass is 16.7. The lowest BCUT2D eigenvalue weighted by Crippen LogP contribution is -2.61. The summed E-state index contributed by atoms with van der Waals surface area (Å²) in [6, 6.07) is 14.3. The van der Waals surface area contributed by atoms with Crippen molar-refractivity contribution in [1.29, 1.82) is 0 Å². The Bertz CT molecular complexity index is 2140. The van der Waals surface area contributed by atoms with Crippen LogP contribution in [0.25, 0.3) is 22.3 Å². The molecule has 0 bridgehead atoms. The topological polar surface area (TPSA) is 336 Å². The molecule has 21 nitrogen and oxygen atoms in total. The fourth-order valence-corrected chi connectivity index (χ4v) is 6.89. The number of phenols is 3. The van der Waals surface area contributed by atoms with Crippen molar-refractivity contribution in [2.24, 2.45) is 0 Å². The minimum atomic E-state index is -1.89. The van der Waals surface area contributed by atoms with E-state index in [2.05, 4.69) is 0 Å². The number of ether oxygens (including phenoxy) is 7. The van der Waals surface area contributed by atoms with E-state index in [9.17, 15) is 66.1 Å². The van der Waals surface area contributed by atoms with E-state index in [1.54, 1.807) is 0 Å². The molecule has 3 saturated heterocycles. The van der Waals surface area contributed by atoms with Crippen LogP contribution in [-0.4, -0.2) is 173 Å². The van der Waals surface area contributed by atoms with E-state index in [0.717, 1.165) is 6.07 Å². The normalized spacial score (nSPS) is 34.2. The van der Waals surface area contributed by atoms with Crippen molar-refractivity contribution in [2.75, 3.05) is 13.2 Å². The molecule has 330 valence electrons. The van der Waals surface area contributed by atoms with Gasteiger partial charge in [0.05, 0.1) is 29.9 Å². The summed E-state index contributed by atoms with van der Waals surface area (Å²) in [7, 11) is 0. The van der Waals surface area contributed by atoms with Crippen molar-refractivity contribution in [2.45, 2.75) is 99.0 Å². The summed E-state index contributed by atoms with van der Waals surface area (Å²) in [6.07, 6.45) is -24.3. The first-order chi connectivity index (χ1) is 29.0. The van der Waals surface area contributed by atoms with E-state index in [-0.39, 0.29) is 50.9 Å². The number of fused-ring (bicyclic) bond motifs is 1. The number of hydrogen-bond acceptors (Lipinski definition) is 20. The molecule has 61 heavy (non-hydrogen) atoms. The number of esters is 1. The zero-order valence-corrected chi connectivity index (χ0v) is 32.0. The zero-order chi connectivity index (χ0) is 43.9. The van der Waals surface area contributed by atoms with Crippen LogP contribution >= 0.6 is 0 Å². The Labute approximate surface area is 344 Å². The summed E-state index contributed by atoms with van der Waals surface area (Å²) < 4.78 is 45.7. The summed E-state index contributed by atoms with van der Waals surface area (Å²) >= 11 is 0. The molecule has 12 N–H and O–H groups in total. The van der Waals surface area contributed by atoms with E-state index >= 15 is 0 Å². The van der Waals surface area contributed by atoms with E-state index in [0.29, 0.717) is 0 Å². The highest BCUT2D eigenvalue weighted by Crippen LogP contribution is 2.42. The van der Waals surface area contributed by atoms with Crippen LogP contribution in [0.3, 0.4) is 0 Å². The molecule has 21 heteroatoms. The summed E-state index contributed by atoms with van der Waals surface area (Å²) in [5.41, 5.74) is 0.277. The summed E-state index contributed by atoms with van der Waals surface area (Å²) in [4.78, 5) is 12.5. The van der Waals surface area contributed by atoms with E-state index in [1.807, 2.05) is 0 Å². The Hall–Kier alpha value is -4.98. The largest absolute Gasteiger partial charge is 0.508 e. The minimum Gasteiger partial charge on any atom is -0.508 e. The quantitative estimate of drug-likeness (QED) is 0.0608. The summed E-state index contributed by atoms with van der Waals surface area (Å²) in [5.74, 6) is -1.99. The number of aliphatic hydroxyl groups excluding tert-OH is 9. The van der Waals surface area contributed by atoms with Gasteiger partial charge in [-0.3, -0.25) is 0 Å². The maximum Gasteiger partial charge on any atom is 0.402 e. The molecule has 0 radical (unpaired) electrons. The lowest BCUT2D eigenvalue weighted by Gasteiger charge is -2.42. The van der Waals surface area contributed by atoms with Crippen molar-refractivity contribution >= 4 is 16.9 Å². The maximum atomic E-state index is 12.5. The van der Waals surface area contributed by atoms with Gasteiger partial charge in [-0.15, -0.1) is 0 Å². The second-order valence-corrected chi connectivity index (χ2v) is 14.8. The molecular weight excluding hydrogens is 816 g/mol. The molecule has 3 fully saturated rings. The van der Waals surface area contributed by atoms with Gasteiger partial charge in [-0.25, -0.2) is 9.21 Å². The molecule has 0 aliphatic carbocycles. The maximum absolute atomic E-state index is 12.5. The first kappa shape index (κ1) is 44.1. The number of phenolic OH excluding ortho intramolecular Hbond substituents is 3. The Morgan fingerprint density at radius 1 is 0.607 bits per heavy atom. The predicted octanol–water partition coefficient (Wildman–Crippen LogP) is -1.43. The Morgan fingerprint density at radius 2 is 1.15 bits per heavy atom. The molecular formula is C40H45O21+. The van der Waals surface area contributed by atoms with Crippen LogP contribution in [0.2, 0.25) is 0 Å². The third-order valence-corrected chi connectivity index (χ3v) is 10.5. The van der Waals surface area contributed by atoms with Gasteiger partial charge in [0, 0.05) is 12.1 Å². The van der Waals surface area contributed by atoms with Crippen LogP contribution in [0.5, 0.6) is 28.7 Å². The van der Waals surface area contributed by atoms with Crippen molar-refractivity contribution in [3.8, 4) is 40.1 Å². The SMILES string of the molecule is CC1OC(OCC2OC(Oc3cc4c(O)cc(OC5OC(COC(=O)c6ccc(O)cc6)C(O)C(O)C5O)cc4[o+]c3-c3ccc(O)cc3)C(O)C(O)C2O)C(O)C(O)C1O. The molecule has 15 unspecified atom stereocenters. The number of aromatic hydroxyl groups is 3. The van der Waals surface area contributed by atoms with E-state index < -0.39 is 117 Å². The smallest absolute Gasteiger partial charge is 0.402 e. The number of carbonyl (C=O) groups excluding carboxylic acids is 1. The molecule has 15 atom stereocenters. The lowest BCUT2D eigenvalue weighted by molar-refractivity contribution is -0.318. The molecule has 3 aliphatic rings. The van der Waals surface area contributed by atoms with Gasteiger partial charge < -0.3 is 94.4 Å². The van der Waals surface area contributed by atoms with E-state index in [4.69, 9.17) is 37.6 Å². The van der Waals surface area contributed by atoms with Gasteiger partial charge in [0.25, 0.3) is 0 Å². The third-order valence-electron chi connectivity index (χ3n) is 10.5. The molecule has 0 spiro atoms. The molecule has 3 aliphatic heterocycles. The predicted molar refractivity (Wildman–Crippen MR) is 201 cm³/mol. The molecule has 0 amide bonds. The van der Waals surface area contributed by atoms with Gasteiger partial charge >= 0.3 is 17.3 Å². The minimum absolute atomic E-state index is 0.0199. The second kappa shape index (κ2) is 18.2. The standard InChI is InChI=1S/C40H44O21/c1-15-27(44)30(47)33(50)38(56-15)55-14-26-29(46)32(49)35(52)40(61-26)59-24-12-21-22(43)10-20(11-23(21)58-36(24)16-2-6-18(41)7-3-16)57-39-34(51)31(48)28(45)25(60-39)13-54-37(53)17-4-8-19(42)9-5-17/h2-12,15,25-35,38-40,44-52H,13-14H2,1H3,(H2-,41,42,43,53)/p+1. The van der Waals surface area contributed by atoms with Crippen LogP contribution in [0, 0.1) is 0 Å². The second-order valence-electron chi connectivity index (χ2n) is 14.8. The van der Waals surface area contributed by atoms with Gasteiger partial charge in [0.1, 0.15) is 102 Å². The monoisotopic (exact) mass is 861 g/mol. The first-order valence-electron chi connectivity index (χ1n) is 18.9. The molecule has 1 aromatic heterocycles. The highest BCUT2D eigenvalue weighted by Gasteiger charge is 2.49. The average molecular weight is 862 g/mol. The van der Waals surface area contributed by atoms with Crippen molar-refractivity contribution in [1.82, 2.24) is 0 Å². The number of rotatable bonds is 11. The summed E-state index contributed by atoms with van der Waals surface area (Å²) in [6.45, 7) is 0.280. The summed E-state index contributed by atoms with van der Waals surface area (Å²) in [5, 5.41) is 126. The lowest BCUT2D eigenvalue weighted by atomic mass is 9.98. The third kappa shape index (κ3) is 9.29. The fraction of sp³-hybridized carbons (Fsp3) is 0.450. The zero-order valence-electron chi connectivity index (χ0n) is 32.0. The number of hydrogen-bond donors (Lipinski definition) is 12. The average Bonchev–Trinajstić information content (AvgIpc) is 3.24. The fourth-order valence-electron chi connectivity index (χ4n) is 6.89.